The fourth-order valence-corrected chi connectivity index (χ4v) is 4.63. The summed E-state index contributed by atoms with van der Waals surface area (Å²) in [7, 11) is -2.24. The lowest BCUT2D eigenvalue weighted by Crippen LogP contribution is -2.44. The molecule has 1 aliphatic rings. The van der Waals surface area contributed by atoms with Crippen LogP contribution in [0, 0.1) is 6.92 Å². The minimum absolute atomic E-state index is 0.0632. The number of primary sulfonamides is 1. The molecule has 7 nitrogen and oxygen atoms in total. The molecule has 3 aromatic rings. The van der Waals surface area contributed by atoms with Gasteiger partial charge in [-0.05, 0) is 60.7 Å². The van der Waals surface area contributed by atoms with Gasteiger partial charge in [0, 0.05) is 18.1 Å². The maximum Gasteiger partial charge on any atom is 0.326 e. The average molecular weight is 417 g/mol. The molecule has 0 unspecified atom stereocenters. The second kappa shape index (κ2) is 7.68. The Balaban J connectivity index is 1.91. The number of H-pyrrole nitrogens is 1. The fourth-order valence-electron chi connectivity index (χ4n) is 4.09. The van der Waals surface area contributed by atoms with Crippen molar-refractivity contribution in [2.75, 3.05) is 7.11 Å². The Morgan fingerprint density at radius 2 is 1.86 bits per heavy atom. The number of nitrogens with one attached hydrogen (secondary N) is 1. The van der Waals surface area contributed by atoms with Gasteiger partial charge >= 0.3 is 5.65 Å². The number of fused-ring (bicyclic) bond motifs is 1. The third-order valence-corrected chi connectivity index (χ3v) is 6.40. The summed E-state index contributed by atoms with van der Waals surface area (Å²) in [6, 6.07) is 8.74. The normalized spacial score (nSPS) is 15.6. The number of aromatic nitrogens is 2. The van der Waals surface area contributed by atoms with Crippen molar-refractivity contribution in [1.29, 1.82) is 0 Å². The van der Waals surface area contributed by atoms with Gasteiger partial charge in [-0.1, -0.05) is 6.42 Å². The number of benzene rings is 1. The van der Waals surface area contributed by atoms with Crippen LogP contribution in [0.2, 0.25) is 0 Å². The molecule has 0 bridgehead atoms. The van der Waals surface area contributed by atoms with Gasteiger partial charge in [-0.3, -0.25) is 0 Å². The van der Waals surface area contributed by atoms with Gasteiger partial charge in [0.25, 0.3) is 0 Å². The fraction of sp³-hybridized carbons (Fsp3) is 0.381. The van der Waals surface area contributed by atoms with E-state index < -0.39 is 10.0 Å². The molecule has 1 saturated carbocycles. The highest BCUT2D eigenvalue weighted by Gasteiger charge is 2.23. The number of sulfonamides is 1. The smallest absolute Gasteiger partial charge is 0.326 e. The Hall–Kier alpha value is -2.58. The highest BCUT2D eigenvalue weighted by molar-refractivity contribution is 7.89. The minimum Gasteiger partial charge on any atom is -0.490 e. The summed E-state index contributed by atoms with van der Waals surface area (Å²) in [5, 5.41) is 6.31. The summed E-state index contributed by atoms with van der Waals surface area (Å²) in [5.41, 5.74) is 3.22. The predicted octanol–water partition coefficient (Wildman–Crippen LogP) is 2.85. The van der Waals surface area contributed by atoms with E-state index in [1.165, 1.54) is 12.5 Å². The molecule has 0 amide bonds. The van der Waals surface area contributed by atoms with Crippen LogP contribution in [0.1, 0.15) is 37.8 Å². The third kappa shape index (κ3) is 3.82. The van der Waals surface area contributed by atoms with E-state index >= 15 is 0 Å². The second-order valence-corrected chi connectivity index (χ2v) is 9.06. The zero-order valence-electron chi connectivity index (χ0n) is 16.6. The molecule has 1 aromatic carbocycles. The van der Waals surface area contributed by atoms with Crippen molar-refractivity contribution in [1.82, 2.24) is 4.98 Å². The van der Waals surface area contributed by atoms with Crippen LogP contribution < -0.4 is 19.4 Å². The summed E-state index contributed by atoms with van der Waals surface area (Å²) in [6.07, 6.45) is 7.51. The Morgan fingerprint density at radius 1 is 1.10 bits per heavy atom. The van der Waals surface area contributed by atoms with Gasteiger partial charge in [-0.25, -0.2) is 18.5 Å². The Kier molecular flexibility index (Phi) is 5.23. The number of aromatic amines is 1. The molecule has 1 aliphatic carbocycles. The summed E-state index contributed by atoms with van der Waals surface area (Å²) in [4.78, 5) is 8.73. The molecular formula is C21H26N3O4S+. The number of pyridine rings is 1. The van der Waals surface area contributed by atoms with Crippen molar-refractivity contribution in [3.05, 3.63) is 42.2 Å². The lowest BCUT2D eigenvalue weighted by molar-refractivity contribution is -0.870. The molecule has 0 spiro atoms. The van der Waals surface area contributed by atoms with Gasteiger partial charge in [0.1, 0.15) is 18.6 Å². The topological polar surface area (TPSA) is 98.3 Å². The first-order valence-electron chi connectivity index (χ1n) is 9.79. The van der Waals surface area contributed by atoms with E-state index in [-0.39, 0.29) is 11.0 Å². The molecule has 1 fully saturated rings. The largest absolute Gasteiger partial charge is 0.490 e. The number of aryl methyl sites for hydroxylation is 1. The Morgan fingerprint density at radius 3 is 2.55 bits per heavy atom. The lowest BCUT2D eigenvalue weighted by atomic mass is 9.97. The minimum atomic E-state index is -3.84. The molecule has 0 atom stereocenters. The van der Waals surface area contributed by atoms with Gasteiger partial charge in [-0.15, -0.1) is 0 Å². The van der Waals surface area contributed by atoms with E-state index in [0.29, 0.717) is 11.3 Å². The molecule has 0 radical (unpaired) electrons. The summed E-state index contributed by atoms with van der Waals surface area (Å²) < 4.78 is 32.1. The van der Waals surface area contributed by atoms with Gasteiger partial charge < -0.3 is 9.57 Å². The van der Waals surface area contributed by atoms with Crippen molar-refractivity contribution in [3.8, 4) is 16.9 Å². The van der Waals surface area contributed by atoms with Crippen molar-refractivity contribution in [3.63, 3.8) is 0 Å². The van der Waals surface area contributed by atoms with E-state index in [9.17, 15) is 8.42 Å². The van der Waals surface area contributed by atoms with E-state index in [1.54, 1.807) is 24.0 Å². The zero-order valence-corrected chi connectivity index (χ0v) is 17.5. The first-order chi connectivity index (χ1) is 13.9. The molecule has 8 heteroatoms. The predicted molar refractivity (Wildman–Crippen MR) is 110 cm³/mol. The molecule has 0 aliphatic heterocycles. The zero-order chi connectivity index (χ0) is 20.6. The summed E-state index contributed by atoms with van der Waals surface area (Å²) in [6.45, 7) is 1.93. The number of nitrogens with two attached hydrogens (primary N) is 1. The highest BCUT2D eigenvalue weighted by Crippen LogP contribution is 2.37. The van der Waals surface area contributed by atoms with Crippen LogP contribution in [0.5, 0.6) is 5.75 Å². The quantitative estimate of drug-likeness (QED) is 0.625. The van der Waals surface area contributed by atoms with E-state index in [2.05, 4.69) is 4.98 Å². The van der Waals surface area contributed by atoms with Crippen LogP contribution >= 0.6 is 0 Å². The first kappa shape index (κ1) is 19.7. The number of nitrogens with zero attached hydrogens (tertiary/aromatic N) is 1. The molecule has 2 heterocycles. The monoisotopic (exact) mass is 416 g/mol. The molecule has 0 saturated heterocycles. The van der Waals surface area contributed by atoms with Crippen LogP contribution in [-0.4, -0.2) is 26.6 Å². The van der Waals surface area contributed by atoms with E-state index in [1.807, 2.05) is 25.3 Å². The van der Waals surface area contributed by atoms with Crippen LogP contribution in [-0.2, 0) is 10.0 Å². The van der Waals surface area contributed by atoms with Crippen LogP contribution in [0.4, 0.5) is 0 Å². The van der Waals surface area contributed by atoms with E-state index in [4.69, 9.17) is 14.7 Å². The van der Waals surface area contributed by atoms with Crippen molar-refractivity contribution in [2.24, 2.45) is 5.14 Å². The standard InChI is InChI=1S/C21H25N3O4S/c1-14-12-18(17-10-11-23-21(17)24(14)27-2)19-13-16(29(22,25)26)8-9-20(19)28-15-6-4-3-5-7-15/h8-13,15H,3-7H2,1-2H3,(H2,22,25,26)/p+1. The van der Waals surface area contributed by atoms with Gasteiger partial charge in [0.05, 0.1) is 22.6 Å². The molecule has 3 N–H and O–H groups in total. The summed E-state index contributed by atoms with van der Waals surface area (Å²) in [5.74, 6) is 0.668. The summed E-state index contributed by atoms with van der Waals surface area (Å²) >= 11 is 0. The number of ether oxygens (including phenoxy) is 1. The van der Waals surface area contributed by atoms with Gasteiger partial charge in [-0.2, -0.15) is 0 Å². The molecule has 2 aromatic heterocycles. The van der Waals surface area contributed by atoms with Crippen molar-refractivity contribution >= 4 is 21.1 Å². The third-order valence-electron chi connectivity index (χ3n) is 5.49. The first-order valence-corrected chi connectivity index (χ1v) is 11.3. The maximum absolute atomic E-state index is 12.0. The average Bonchev–Trinajstić information content (AvgIpc) is 3.17. The van der Waals surface area contributed by atoms with Crippen molar-refractivity contribution < 1.29 is 22.7 Å². The van der Waals surface area contributed by atoms with Crippen LogP contribution in [0.25, 0.3) is 22.2 Å². The molecule has 4 rings (SSSR count). The molecule has 154 valence electrons. The Bertz CT molecular complexity index is 1150. The highest BCUT2D eigenvalue weighted by atomic mass is 32.2. The Labute approximate surface area is 170 Å². The SMILES string of the molecule is CO[n+]1c(C)cc(-c2cc(S(N)(=O)=O)ccc2OC2CCCCC2)c2cc[nH]c21. The number of hydrogen-bond acceptors (Lipinski definition) is 4. The maximum atomic E-state index is 12.0. The van der Waals surface area contributed by atoms with Crippen LogP contribution in [0.3, 0.4) is 0 Å². The molecule has 29 heavy (non-hydrogen) atoms. The van der Waals surface area contributed by atoms with Crippen LogP contribution in [0.15, 0.2) is 41.4 Å². The second-order valence-electron chi connectivity index (χ2n) is 7.50. The number of hydrogen-bond donors (Lipinski definition) is 2. The number of rotatable bonds is 5. The molecular weight excluding hydrogens is 390 g/mol. The van der Waals surface area contributed by atoms with Crippen molar-refractivity contribution in [2.45, 2.75) is 50.0 Å². The van der Waals surface area contributed by atoms with Gasteiger partial charge in [0.15, 0.2) is 0 Å². The lowest BCUT2D eigenvalue weighted by Gasteiger charge is -2.24. The van der Waals surface area contributed by atoms with Gasteiger partial charge in [0.2, 0.25) is 10.0 Å². The van der Waals surface area contributed by atoms with E-state index in [0.717, 1.165) is 48.0 Å².